The van der Waals surface area contributed by atoms with Gasteiger partial charge in [0.2, 0.25) is 0 Å². The largest absolute Gasteiger partial charge is 0.313 e. The average molecular weight is 271 g/mol. The third-order valence-electron chi connectivity index (χ3n) is 3.57. The van der Waals surface area contributed by atoms with Crippen LogP contribution in [0.15, 0.2) is 0 Å². The van der Waals surface area contributed by atoms with Gasteiger partial charge in [-0.2, -0.15) is 5.10 Å². The first-order valence-electron chi connectivity index (χ1n) is 6.75. The van der Waals surface area contributed by atoms with Crippen LogP contribution >= 0.6 is 11.6 Å². The minimum absolute atomic E-state index is 0.632. The highest BCUT2D eigenvalue weighted by Crippen LogP contribution is 2.21. The van der Waals surface area contributed by atoms with Crippen LogP contribution in [-0.4, -0.2) is 40.9 Å². The molecule has 2 rings (SSSR count). The van der Waals surface area contributed by atoms with E-state index in [1.54, 1.807) is 0 Å². The van der Waals surface area contributed by atoms with Crippen molar-refractivity contribution in [1.29, 1.82) is 0 Å². The molecule has 1 fully saturated rings. The summed E-state index contributed by atoms with van der Waals surface area (Å²) >= 11 is 6.33. The van der Waals surface area contributed by atoms with E-state index in [-0.39, 0.29) is 0 Å². The summed E-state index contributed by atoms with van der Waals surface area (Å²) in [5.74, 6) is 0. The number of aromatic nitrogens is 2. The van der Waals surface area contributed by atoms with E-state index in [1.165, 1.54) is 12.8 Å². The number of halogens is 1. The Kier molecular flexibility index (Phi) is 4.65. The molecule has 2 heterocycles. The van der Waals surface area contributed by atoms with Crippen molar-refractivity contribution in [3.63, 3.8) is 0 Å². The number of hydrogen-bond donors (Lipinski definition) is 1. The third kappa shape index (κ3) is 3.05. The molecule has 18 heavy (non-hydrogen) atoms. The maximum Gasteiger partial charge on any atom is 0.0860 e. The molecule has 0 aromatic carbocycles. The number of nitrogens with zero attached hydrogens (tertiary/aromatic N) is 3. The summed E-state index contributed by atoms with van der Waals surface area (Å²) in [6.45, 7) is 8.04. The van der Waals surface area contributed by atoms with E-state index in [1.807, 2.05) is 11.6 Å². The molecule has 1 atom stereocenters. The van der Waals surface area contributed by atoms with Gasteiger partial charge in [-0.15, -0.1) is 0 Å². The highest BCUT2D eigenvalue weighted by Gasteiger charge is 2.18. The Morgan fingerprint density at radius 3 is 2.94 bits per heavy atom. The van der Waals surface area contributed by atoms with Crippen LogP contribution in [0.4, 0.5) is 0 Å². The molecule has 0 saturated carbocycles. The molecule has 5 heteroatoms. The Labute approximate surface area is 114 Å². The third-order valence-corrected chi connectivity index (χ3v) is 4.06. The van der Waals surface area contributed by atoms with Crippen LogP contribution < -0.4 is 5.32 Å². The van der Waals surface area contributed by atoms with Gasteiger partial charge in [-0.1, -0.05) is 11.6 Å². The lowest BCUT2D eigenvalue weighted by molar-refractivity contribution is 0.284. The number of likely N-dealkylation sites (N-methyl/N-ethyl adjacent to an activating group) is 1. The molecule has 1 aliphatic rings. The first kappa shape index (κ1) is 13.8. The lowest BCUT2D eigenvalue weighted by atomic mass is 10.2. The molecule has 0 aliphatic carbocycles. The van der Waals surface area contributed by atoms with Crippen molar-refractivity contribution < 1.29 is 0 Å². The van der Waals surface area contributed by atoms with Crippen molar-refractivity contribution in [1.82, 2.24) is 20.0 Å². The number of rotatable bonds is 5. The lowest BCUT2D eigenvalue weighted by Gasteiger charge is -2.21. The molecule has 1 aromatic heterocycles. The van der Waals surface area contributed by atoms with E-state index >= 15 is 0 Å². The van der Waals surface area contributed by atoms with Gasteiger partial charge in [0.05, 0.1) is 16.4 Å². The average Bonchev–Trinajstić information content (AvgIpc) is 2.92. The van der Waals surface area contributed by atoms with Crippen molar-refractivity contribution in [3.05, 3.63) is 16.4 Å². The molecule has 1 aromatic rings. The van der Waals surface area contributed by atoms with Crippen LogP contribution in [0.5, 0.6) is 0 Å². The van der Waals surface area contributed by atoms with Gasteiger partial charge >= 0.3 is 0 Å². The summed E-state index contributed by atoms with van der Waals surface area (Å²) < 4.78 is 2.01. The molecule has 4 nitrogen and oxygen atoms in total. The summed E-state index contributed by atoms with van der Waals surface area (Å²) in [4.78, 5) is 2.33. The fourth-order valence-electron chi connectivity index (χ4n) is 2.63. The minimum atomic E-state index is 0.632. The molecule has 0 bridgehead atoms. The zero-order chi connectivity index (χ0) is 13.1. The lowest BCUT2D eigenvalue weighted by Crippen LogP contribution is -2.35. The fourth-order valence-corrected chi connectivity index (χ4v) is 2.82. The molecule has 0 radical (unpaired) electrons. The van der Waals surface area contributed by atoms with Crippen molar-refractivity contribution >= 4 is 11.6 Å². The van der Waals surface area contributed by atoms with Crippen molar-refractivity contribution in [3.8, 4) is 0 Å². The quantitative estimate of drug-likeness (QED) is 0.889. The van der Waals surface area contributed by atoms with E-state index in [0.29, 0.717) is 6.04 Å². The predicted octanol–water partition coefficient (Wildman–Crippen LogP) is 2.05. The first-order valence-corrected chi connectivity index (χ1v) is 7.13. The van der Waals surface area contributed by atoms with Crippen LogP contribution in [-0.2, 0) is 13.1 Å². The Morgan fingerprint density at radius 1 is 1.56 bits per heavy atom. The summed E-state index contributed by atoms with van der Waals surface area (Å²) in [5.41, 5.74) is 2.07. The predicted molar refractivity (Wildman–Crippen MR) is 75.0 cm³/mol. The standard InChI is InChI=1S/C13H23ClN4/c1-4-18-12(13(14)10(2)16-18)9-17(3)8-11-6-5-7-15-11/h11,15H,4-9H2,1-3H3. The topological polar surface area (TPSA) is 33.1 Å². The van der Waals surface area contributed by atoms with Gasteiger partial charge in [0.25, 0.3) is 0 Å². The Morgan fingerprint density at radius 2 is 2.33 bits per heavy atom. The van der Waals surface area contributed by atoms with Crippen LogP contribution in [0, 0.1) is 6.92 Å². The van der Waals surface area contributed by atoms with Crippen molar-refractivity contribution in [2.24, 2.45) is 0 Å². The minimum Gasteiger partial charge on any atom is -0.313 e. The number of aryl methyl sites for hydroxylation is 2. The number of hydrogen-bond acceptors (Lipinski definition) is 3. The van der Waals surface area contributed by atoms with Gasteiger partial charge in [-0.25, -0.2) is 0 Å². The van der Waals surface area contributed by atoms with Gasteiger partial charge in [-0.05, 0) is 40.3 Å². The normalized spacial score (nSPS) is 19.9. The fraction of sp³-hybridized carbons (Fsp3) is 0.769. The highest BCUT2D eigenvalue weighted by molar-refractivity contribution is 6.31. The van der Waals surface area contributed by atoms with Crippen molar-refractivity contribution in [2.75, 3.05) is 20.1 Å². The first-order chi connectivity index (χ1) is 8.61. The van der Waals surface area contributed by atoms with Gasteiger partial charge < -0.3 is 5.32 Å². The van der Waals surface area contributed by atoms with Crippen LogP contribution in [0.3, 0.4) is 0 Å². The second-order valence-electron chi connectivity index (χ2n) is 5.15. The summed E-state index contributed by atoms with van der Waals surface area (Å²) in [5, 5.41) is 8.80. The Hall–Kier alpha value is -0.580. The SMILES string of the molecule is CCn1nc(C)c(Cl)c1CN(C)CC1CCCN1. The maximum atomic E-state index is 6.33. The van der Waals surface area contributed by atoms with E-state index in [2.05, 4.69) is 29.3 Å². The molecular weight excluding hydrogens is 248 g/mol. The van der Waals surface area contributed by atoms with E-state index in [0.717, 1.165) is 42.6 Å². The molecule has 1 aliphatic heterocycles. The molecular formula is C13H23ClN4. The van der Waals surface area contributed by atoms with Crippen molar-refractivity contribution in [2.45, 2.75) is 45.8 Å². The zero-order valence-electron chi connectivity index (χ0n) is 11.5. The molecule has 1 N–H and O–H groups in total. The smallest absolute Gasteiger partial charge is 0.0860 e. The zero-order valence-corrected chi connectivity index (χ0v) is 12.3. The van der Waals surface area contributed by atoms with E-state index in [9.17, 15) is 0 Å². The van der Waals surface area contributed by atoms with Crippen LogP contribution in [0.2, 0.25) is 5.02 Å². The highest BCUT2D eigenvalue weighted by atomic mass is 35.5. The molecule has 1 unspecified atom stereocenters. The maximum absolute atomic E-state index is 6.33. The Balaban J connectivity index is 1.99. The number of nitrogens with one attached hydrogen (secondary N) is 1. The Bertz CT molecular complexity index is 396. The summed E-state index contributed by atoms with van der Waals surface area (Å²) in [6, 6.07) is 0.632. The second-order valence-corrected chi connectivity index (χ2v) is 5.53. The monoisotopic (exact) mass is 270 g/mol. The van der Waals surface area contributed by atoms with Gasteiger partial charge in [0, 0.05) is 25.7 Å². The summed E-state index contributed by atoms with van der Waals surface area (Å²) in [7, 11) is 2.15. The molecule has 0 amide bonds. The van der Waals surface area contributed by atoms with E-state index < -0.39 is 0 Å². The van der Waals surface area contributed by atoms with Gasteiger partial charge in [-0.3, -0.25) is 9.58 Å². The molecule has 0 spiro atoms. The molecule has 1 saturated heterocycles. The summed E-state index contributed by atoms with van der Waals surface area (Å²) in [6.07, 6.45) is 2.58. The van der Waals surface area contributed by atoms with E-state index in [4.69, 9.17) is 11.6 Å². The van der Waals surface area contributed by atoms with Crippen LogP contribution in [0.1, 0.15) is 31.2 Å². The van der Waals surface area contributed by atoms with Gasteiger partial charge in [0.15, 0.2) is 0 Å². The molecule has 102 valence electrons. The van der Waals surface area contributed by atoms with Crippen LogP contribution in [0.25, 0.3) is 0 Å². The van der Waals surface area contributed by atoms with Gasteiger partial charge in [0.1, 0.15) is 0 Å². The second kappa shape index (κ2) is 6.04.